The third kappa shape index (κ3) is 3.71. The smallest absolute Gasteiger partial charge is 0.257 e. The molecule has 1 saturated carbocycles. The molecule has 1 fully saturated rings. The van der Waals surface area contributed by atoms with Gasteiger partial charge in [-0.15, -0.1) is 0 Å². The summed E-state index contributed by atoms with van der Waals surface area (Å²) in [4.78, 5) is 4.12. The highest BCUT2D eigenvalue weighted by Gasteiger charge is 2.57. The van der Waals surface area contributed by atoms with Gasteiger partial charge in [0.2, 0.25) is 0 Å². The van der Waals surface area contributed by atoms with Gasteiger partial charge in [0.1, 0.15) is 6.54 Å². The first-order chi connectivity index (χ1) is 15.9. The standard InChI is InChI=1S/C21H18F5N5O2S/c1-2-34(32,33)19-15-7-13(12-3-4-12)5-6-16(15)29-31(19)18-8-14-9-28-30(17(14)10-27-18)11-20(22,23)21(24,25)26/h5-10,12H,2-4,11H2,1H3. The van der Waals surface area contributed by atoms with E-state index in [4.69, 9.17) is 0 Å². The molecule has 7 nitrogen and oxygen atoms in total. The van der Waals surface area contributed by atoms with Gasteiger partial charge in [0.15, 0.2) is 20.7 Å². The summed E-state index contributed by atoms with van der Waals surface area (Å²) in [5.74, 6) is -4.70. The number of halogens is 5. The van der Waals surface area contributed by atoms with E-state index in [0.717, 1.165) is 30.8 Å². The van der Waals surface area contributed by atoms with Crippen molar-refractivity contribution in [3.63, 3.8) is 0 Å². The summed E-state index contributed by atoms with van der Waals surface area (Å²) in [5, 5.41) is 8.66. The van der Waals surface area contributed by atoms with Gasteiger partial charge < -0.3 is 0 Å². The average molecular weight is 499 g/mol. The number of sulfone groups is 1. The van der Waals surface area contributed by atoms with Crippen molar-refractivity contribution in [1.82, 2.24) is 24.5 Å². The second-order valence-electron chi connectivity index (χ2n) is 8.28. The van der Waals surface area contributed by atoms with Crippen LogP contribution in [0.25, 0.3) is 27.6 Å². The normalized spacial score (nSPS) is 15.5. The van der Waals surface area contributed by atoms with E-state index in [1.54, 1.807) is 6.07 Å². The van der Waals surface area contributed by atoms with Gasteiger partial charge in [-0.3, -0.25) is 4.68 Å². The van der Waals surface area contributed by atoms with Crippen molar-refractivity contribution < 1.29 is 30.4 Å². The maximum absolute atomic E-state index is 13.5. The molecular weight excluding hydrogens is 481 g/mol. The highest BCUT2D eigenvalue weighted by molar-refractivity contribution is 7.91. The fraction of sp³-hybridized carbons (Fsp3) is 0.381. The number of hydrogen-bond acceptors (Lipinski definition) is 5. The molecule has 0 saturated heterocycles. The first-order valence-corrected chi connectivity index (χ1v) is 12.1. The number of alkyl halides is 5. The summed E-state index contributed by atoms with van der Waals surface area (Å²) in [6.45, 7) is -0.198. The van der Waals surface area contributed by atoms with E-state index in [-0.39, 0.29) is 27.5 Å². The Kier molecular flexibility index (Phi) is 4.97. The molecule has 1 aliphatic rings. The summed E-state index contributed by atoms with van der Waals surface area (Å²) >= 11 is 0. The van der Waals surface area contributed by atoms with E-state index in [1.165, 1.54) is 17.7 Å². The lowest BCUT2D eigenvalue weighted by molar-refractivity contribution is -0.287. The highest BCUT2D eigenvalue weighted by Crippen LogP contribution is 2.42. The van der Waals surface area contributed by atoms with Crippen molar-refractivity contribution in [2.24, 2.45) is 0 Å². The van der Waals surface area contributed by atoms with Crippen LogP contribution in [0.1, 0.15) is 31.2 Å². The van der Waals surface area contributed by atoms with Crippen LogP contribution in [0.5, 0.6) is 0 Å². The molecule has 4 aromatic rings. The maximum Gasteiger partial charge on any atom is 0.455 e. The number of aromatic nitrogens is 5. The largest absolute Gasteiger partial charge is 0.455 e. The second-order valence-corrected chi connectivity index (χ2v) is 10.5. The van der Waals surface area contributed by atoms with Crippen LogP contribution in [0.2, 0.25) is 0 Å². The molecule has 1 aromatic carbocycles. The van der Waals surface area contributed by atoms with E-state index >= 15 is 0 Å². The first kappa shape index (κ1) is 22.7. The zero-order chi connectivity index (χ0) is 24.5. The van der Waals surface area contributed by atoms with E-state index in [0.29, 0.717) is 21.5 Å². The van der Waals surface area contributed by atoms with Crippen LogP contribution in [0, 0.1) is 0 Å². The zero-order valence-electron chi connectivity index (χ0n) is 17.7. The SMILES string of the molecule is CCS(=O)(=O)c1c2cc(C3CC3)ccc2nn1-c1cc2cnn(CC(F)(F)C(F)(F)F)c2cn1. The van der Waals surface area contributed by atoms with Crippen LogP contribution < -0.4 is 0 Å². The molecule has 0 bridgehead atoms. The summed E-state index contributed by atoms with van der Waals surface area (Å²) < 4.78 is 92.5. The molecule has 180 valence electrons. The molecule has 13 heteroatoms. The van der Waals surface area contributed by atoms with Crippen molar-refractivity contribution in [1.29, 1.82) is 0 Å². The molecule has 0 atom stereocenters. The Hall–Kier alpha value is -3.09. The van der Waals surface area contributed by atoms with Crippen LogP contribution in [-0.2, 0) is 16.4 Å². The zero-order valence-corrected chi connectivity index (χ0v) is 18.5. The molecule has 1 aliphatic carbocycles. The fourth-order valence-corrected chi connectivity index (χ4v) is 5.00. The van der Waals surface area contributed by atoms with Crippen molar-refractivity contribution >= 4 is 31.6 Å². The molecule has 0 N–H and O–H groups in total. The van der Waals surface area contributed by atoms with Crippen molar-refractivity contribution in [2.45, 2.75) is 49.4 Å². The van der Waals surface area contributed by atoms with Gasteiger partial charge in [-0.1, -0.05) is 13.0 Å². The van der Waals surface area contributed by atoms with Gasteiger partial charge in [-0.05, 0) is 42.5 Å². The summed E-state index contributed by atoms with van der Waals surface area (Å²) in [7, 11) is -3.76. The van der Waals surface area contributed by atoms with Crippen LogP contribution in [-0.4, -0.2) is 50.8 Å². The van der Waals surface area contributed by atoms with Gasteiger partial charge >= 0.3 is 12.1 Å². The van der Waals surface area contributed by atoms with Crippen molar-refractivity contribution in [2.75, 3.05) is 5.75 Å². The van der Waals surface area contributed by atoms with E-state index < -0.39 is 28.5 Å². The van der Waals surface area contributed by atoms with Gasteiger partial charge in [0, 0.05) is 10.8 Å². The molecule has 0 amide bonds. The Bertz CT molecular complexity index is 1520. The molecule has 3 aromatic heterocycles. The number of nitrogens with zero attached hydrogens (tertiary/aromatic N) is 5. The number of hydrogen-bond donors (Lipinski definition) is 0. The molecule has 0 radical (unpaired) electrons. The Morgan fingerprint density at radius 2 is 1.82 bits per heavy atom. The molecule has 0 unspecified atom stereocenters. The molecule has 34 heavy (non-hydrogen) atoms. The lowest BCUT2D eigenvalue weighted by Gasteiger charge is -2.19. The first-order valence-electron chi connectivity index (χ1n) is 10.4. The third-order valence-corrected chi connectivity index (χ3v) is 7.61. The van der Waals surface area contributed by atoms with Gasteiger partial charge in [0.05, 0.1) is 29.2 Å². The number of rotatable bonds is 6. The van der Waals surface area contributed by atoms with Gasteiger partial charge in [-0.25, -0.2) is 18.1 Å². The molecule has 3 heterocycles. The number of benzene rings is 1. The minimum Gasteiger partial charge on any atom is -0.257 e. The highest BCUT2D eigenvalue weighted by atomic mass is 32.2. The average Bonchev–Trinajstić information content (AvgIpc) is 3.44. The molecule has 0 aliphatic heterocycles. The van der Waals surface area contributed by atoms with E-state index in [2.05, 4.69) is 15.2 Å². The van der Waals surface area contributed by atoms with Crippen LogP contribution in [0.3, 0.4) is 0 Å². The van der Waals surface area contributed by atoms with E-state index in [9.17, 15) is 30.4 Å². The number of fused-ring (bicyclic) bond motifs is 2. The quantitative estimate of drug-likeness (QED) is 0.361. The van der Waals surface area contributed by atoms with Crippen molar-refractivity contribution in [3.8, 4) is 5.82 Å². The van der Waals surface area contributed by atoms with Crippen LogP contribution in [0.4, 0.5) is 22.0 Å². The topological polar surface area (TPSA) is 82.7 Å². The van der Waals surface area contributed by atoms with Gasteiger partial charge in [-0.2, -0.15) is 32.1 Å². The minimum atomic E-state index is -5.73. The third-order valence-electron chi connectivity index (χ3n) is 5.87. The minimum absolute atomic E-state index is 0.0460. The second kappa shape index (κ2) is 7.45. The molecular formula is C21H18F5N5O2S. The monoisotopic (exact) mass is 499 g/mol. The maximum atomic E-state index is 13.5. The van der Waals surface area contributed by atoms with E-state index in [1.807, 2.05) is 12.1 Å². The summed E-state index contributed by atoms with van der Waals surface area (Å²) in [5.41, 5.74) is 1.41. The Morgan fingerprint density at radius 3 is 2.47 bits per heavy atom. The lowest BCUT2D eigenvalue weighted by atomic mass is 10.1. The molecule has 0 spiro atoms. The van der Waals surface area contributed by atoms with Crippen molar-refractivity contribution in [3.05, 3.63) is 42.2 Å². The number of pyridine rings is 1. The lowest BCUT2D eigenvalue weighted by Crippen LogP contribution is -2.40. The Morgan fingerprint density at radius 1 is 1.09 bits per heavy atom. The fourth-order valence-electron chi connectivity index (χ4n) is 3.83. The Balaban J connectivity index is 1.63. The Labute approximate surface area is 190 Å². The molecule has 5 rings (SSSR count). The summed E-state index contributed by atoms with van der Waals surface area (Å²) in [6.07, 6.45) is -1.46. The van der Waals surface area contributed by atoms with Crippen LogP contribution >= 0.6 is 0 Å². The summed E-state index contributed by atoms with van der Waals surface area (Å²) in [6, 6.07) is 6.81. The van der Waals surface area contributed by atoms with Crippen LogP contribution in [0.15, 0.2) is 41.7 Å². The predicted octanol–water partition coefficient (Wildman–Crippen LogP) is 4.64. The van der Waals surface area contributed by atoms with Gasteiger partial charge in [0.25, 0.3) is 0 Å². The predicted molar refractivity (Wildman–Crippen MR) is 113 cm³/mol.